The standard InChI is InChI=1S/C27H29ClFN7O4/c1-14-4-3-5-21(36-11-9-18(35-26(36)38)23-22(29)17(28)8-10-30-23)24-31-13-20(33-24)16-7-6-15(32-27(39)40-2)12-19(16)34-25(14)37/h6-8,10,12-14,18,21H,3-5,9,11H2,1-2H3,(H,31,33)(H,32,39)(H,34,37)(H,35,38)/t14-,18?,21+/m1/s1. The molecule has 0 radical (unpaired) electrons. The summed E-state index contributed by atoms with van der Waals surface area (Å²) < 4.78 is 19.3. The van der Waals surface area contributed by atoms with Gasteiger partial charge in [-0.25, -0.2) is 19.0 Å². The topological polar surface area (TPSA) is 141 Å². The molecule has 2 bridgehead atoms. The Labute approximate surface area is 234 Å². The first kappa shape index (κ1) is 27.4. The van der Waals surface area contributed by atoms with Gasteiger partial charge in [-0.05, 0) is 43.5 Å². The Balaban J connectivity index is 1.44. The summed E-state index contributed by atoms with van der Waals surface area (Å²) in [5.74, 6) is -0.510. The number of carbonyl (C=O) groups excluding carboxylic acids is 3. The normalized spacial score (nSPS) is 21.3. The van der Waals surface area contributed by atoms with E-state index in [9.17, 15) is 18.8 Å². The van der Waals surface area contributed by atoms with Gasteiger partial charge >= 0.3 is 12.1 Å². The molecule has 2 aromatic heterocycles. The number of hydrogen-bond acceptors (Lipinski definition) is 6. The van der Waals surface area contributed by atoms with E-state index in [0.717, 1.165) is 0 Å². The third-order valence-electron chi connectivity index (χ3n) is 7.27. The number of nitrogens with one attached hydrogen (secondary N) is 4. The zero-order valence-electron chi connectivity index (χ0n) is 22.0. The number of urea groups is 1. The molecule has 3 aromatic rings. The number of nitrogens with zero attached hydrogens (tertiary/aromatic N) is 3. The third-order valence-corrected chi connectivity index (χ3v) is 7.56. The molecule has 5 rings (SSSR count). The first-order valence-electron chi connectivity index (χ1n) is 13.0. The number of imidazole rings is 1. The molecule has 4 N–H and O–H groups in total. The molecule has 4 heterocycles. The largest absolute Gasteiger partial charge is 0.453 e. The van der Waals surface area contributed by atoms with E-state index in [2.05, 4.69) is 35.6 Å². The highest BCUT2D eigenvalue weighted by molar-refractivity contribution is 6.30. The van der Waals surface area contributed by atoms with Crippen LogP contribution >= 0.6 is 11.6 Å². The fourth-order valence-corrected chi connectivity index (χ4v) is 5.22. The van der Waals surface area contributed by atoms with Crippen molar-refractivity contribution >= 4 is 41.0 Å². The summed E-state index contributed by atoms with van der Waals surface area (Å²) in [4.78, 5) is 51.8. The number of aromatic amines is 1. The maximum absolute atomic E-state index is 14.6. The van der Waals surface area contributed by atoms with Crippen molar-refractivity contribution in [2.24, 2.45) is 5.92 Å². The minimum Gasteiger partial charge on any atom is -0.453 e. The number of amides is 4. The molecule has 1 saturated heterocycles. The highest BCUT2D eigenvalue weighted by Crippen LogP contribution is 2.36. The Morgan fingerprint density at radius 3 is 2.80 bits per heavy atom. The summed E-state index contributed by atoms with van der Waals surface area (Å²) in [6.45, 7) is 2.20. The molecule has 1 aromatic carbocycles. The SMILES string of the molecule is COC(=O)Nc1ccc2c(c1)NC(=O)[C@H](C)CCC[C@H](N1CCC(c3nccc(Cl)c3F)NC1=O)c1ncc-2[nH]1. The van der Waals surface area contributed by atoms with Crippen LogP contribution in [0, 0.1) is 11.7 Å². The van der Waals surface area contributed by atoms with Crippen molar-refractivity contribution in [3.05, 3.63) is 59.0 Å². The van der Waals surface area contributed by atoms with Crippen LogP contribution in [0.2, 0.25) is 5.02 Å². The molecule has 210 valence electrons. The molecular formula is C27H29ClFN7O4. The number of carbonyl (C=O) groups is 3. The number of pyridine rings is 1. The summed E-state index contributed by atoms with van der Waals surface area (Å²) in [6, 6.07) is 5.10. The van der Waals surface area contributed by atoms with Gasteiger partial charge in [0.2, 0.25) is 5.91 Å². The molecule has 0 saturated carbocycles. The van der Waals surface area contributed by atoms with E-state index in [1.54, 1.807) is 29.3 Å². The van der Waals surface area contributed by atoms with Crippen molar-refractivity contribution in [1.82, 2.24) is 25.2 Å². The number of fused-ring (bicyclic) bond motifs is 4. The smallest absolute Gasteiger partial charge is 0.411 e. The van der Waals surface area contributed by atoms with E-state index < -0.39 is 24.0 Å². The summed E-state index contributed by atoms with van der Waals surface area (Å²) in [6.07, 6.45) is 4.68. The number of halogens is 2. The van der Waals surface area contributed by atoms with E-state index in [1.807, 2.05) is 6.92 Å². The minimum atomic E-state index is -0.638. The zero-order chi connectivity index (χ0) is 28.4. The second-order valence-electron chi connectivity index (χ2n) is 9.87. The van der Waals surface area contributed by atoms with Crippen LogP contribution in [0.4, 0.5) is 25.4 Å². The van der Waals surface area contributed by atoms with Gasteiger partial charge in [0.15, 0.2) is 5.82 Å². The van der Waals surface area contributed by atoms with Crippen LogP contribution in [0.5, 0.6) is 0 Å². The maximum atomic E-state index is 14.6. The molecule has 2 aliphatic rings. The Hall–Kier alpha value is -4.19. The molecule has 0 spiro atoms. The lowest BCUT2D eigenvalue weighted by Gasteiger charge is -2.37. The number of benzene rings is 1. The third kappa shape index (κ3) is 5.57. The van der Waals surface area contributed by atoms with Gasteiger partial charge in [-0.3, -0.25) is 15.1 Å². The van der Waals surface area contributed by atoms with Gasteiger partial charge in [-0.2, -0.15) is 0 Å². The van der Waals surface area contributed by atoms with Crippen LogP contribution in [0.3, 0.4) is 0 Å². The summed E-state index contributed by atoms with van der Waals surface area (Å²) >= 11 is 5.92. The molecular weight excluding hydrogens is 541 g/mol. The van der Waals surface area contributed by atoms with Crippen molar-refractivity contribution in [2.75, 3.05) is 24.3 Å². The van der Waals surface area contributed by atoms with E-state index in [0.29, 0.717) is 60.7 Å². The molecule has 4 amide bonds. The van der Waals surface area contributed by atoms with Crippen molar-refractivity contribution < 1.29 is 23.5 Å². The van der Waals surface area contributed by atoms with Crippen LogP contribution in [-0.2, 0) is 9.53 Å². The number of anilines is 2. The van der Waals surface area contributed by atoms with Gasteiger partial charge in [0.05, 0.1) is 47.5 Å². The first-order chi connectivity index (χ1) is 19.2. The van der Waals surface area contributed by atoms with E-state index in [-0.39, 0.29) is 28.6 Å². The Bertz CT molecular complexity index is 1450. The second-order valence-corrected chi connectivity index (χ2v) is 10.3. The predicted molar refractivity (Wildman–Crippen MR) is 146 cm³/mol. The van der Waals surface area contributed by atoms with E-state index in [4.69, 9.17) is 11.6 Å². The van der Waals surface area contributed by atoms with Gasteiger partial charge in [0.1, 0.15) is 5.82 Å². The lowest BCUT2D eigenvalue weighted by Crippen LogP contribution is -2.50. The molecule has 1 fully saturated rings. The second kappa shape index (κ2) is 11.5. The molecule has 1 unspecified atom stereocenters. The molecule has 11 nitrogen and oxygen atoms in total. The number of hydrogen-bond donors (Lipinski definition) is 4. The molecule has 40 heavy (non-hydrogen) atoms. The van der Waals surface area contributed by atoms with Gasteiger partial charge < -0.3 is 25.3 Å². The lowest BCUT2D eigenvalue weighted by molar-refractivity contribution is -0.119. The number of aromatic nitrogens is 3. The van der Waals surface area contributed by atoms with Gasteiger partial charge in [0.25, 0.3) is 0 Å². The first-order valence-corrected chi connectivity index (χ1v) is 13.3. The summed E-state index contributed by atoms with van der Waals surface area (Å²) in [7, 11) is 1.27. The molecule has 0 aliphatic carbocycles. The van der Waals surface area contributed by atoms with Crippen LogP contribution in [0.25, 0.3) is 11.3 Å². The Morgan fingerprint density at radius 1 is 1.20 bits per heavy atom. The fraction of sp³-hybridized carbons (Fsp3) is 0.370. The van der Waals surface area contributed by atoms with E-state index >= 15 is 0 Å². The molecule has 3 atom stereocenters. The Kier molecular flexibility index (Phi) is 7.88. The number of H-pyrrole nitrogens is 1. The van der Waals surface area contributed by atoms with Gasteiger partial charge in [-0.1, -0.05) is 24.9 Å². The fourth-order valence-electron chi connectivity index (χ4n) is 5.07. The van der Waals surface area contributed by atoms with Crippen LogP contribution in [0.15, 0.2) is 36.7 Å². The number of ether oxygens (including phenoxy) is 1. The molecule has 13 heteroatoms. The van der Waals surface area contributed by atoms with Crippen molar-refractivity contribution in [1.29, 1.82) is 0 Å². The Morgan fingerprint density at radius 2 is 2.02 bits per heavy atom. The highest BCUT2D eigenvalue weighted by Gasteiger charge is 2.35. The average Bonchev–Trinajstić information content (AvgIpc) is 3.42. The number of methoxy groups -OCH3 is 1. The lowest BCUT2D eigenvalue weighted by atomic mass is 9.97. The quantitative estimate of drug-likeness (QED) is 0.333. The monoisotopic (exact) mass is 569 g/mol. The minimum absolute atomic E-state index is 0.0456. The summed E-state index contributed by atoms with van der Waals surface area (Å²) in [5.41, 5.74) is 2.35. The van der Waals surface area contributed by atoms with Crippen molar-refractivity contribution in [2.45, 2.75) is 44.7 Å². The van der Waals surface area contributed by atoms with E-state index in [1.165, 1.54) is 19.4 Å². The molecule has 2 aliphatic heterocycles. The van der Waals surface area contributed by atoms with Crippen molar-refractivity contribution in [3.63, 3.8) is 0 Å². The van der Waals surface area contributed by atoms with Gasteiger partial charge in [0, 0.05) is 29.9 Å². The number of rotatable bonds is 3. The van der Waals surface area contributed by atoms with Crippen molar-refractivity contribution in [3.8, 4) is 11.3 Å². The van der Waals surface area contributed by atoms with Crippen LogP contribution < -0.4 is 16.0 Å². The highest BCUT2D eigenvalue weighted by atomic mass is 35.5. The van der Waals surface area contributed by atoms with Crippen LogP contribution in [-0.4, -0.2) is 51.5 Å². The zero-order valence-corrected chi connectivity index (χ0v) is 22.7. The van der Waals surface area contributed by atoms with Gasteiger partial charge in [-0.15, -0.1) is 0 Å². The summed E-state index contributed by atoms with van der Waals surface area (Å²) in [5, 5.41) is 8.40. The average molecular weight is 570 g/mol. The van der Waals surface area contributed by atoms with Crippen LogP contribution in [0.1, 0.15) is 56.2 Å². The predicted octanol–water partition coefficient (Wildman–Crippen LogP) is 5.40. The maximum Gasteiger partial charge on any atom is 0.411 e.